The highest BCUT2D eigenvalue weighted by molar-refractivity contribution is 7.89. The Bertz CT molecular complexity index is 1080. The summed E-state index contributed by atoms with van der Waals surface area (Å²) < 4.78 is 28.8. The van der Waals surface area contributed by atoms with Gasteiger partial charge in [-0.2, -0.15) is 19.4 Å². The van der Waals surface area contributed by atoms with Crippen molar-refractivity contribution < 1.29 is 8.42 Å². The van der Waals surface area contributed by atoms with Gasteiger partial charge < -0.3 is 10.6 Å². The third-order valence-corrected chi connectivity index (χ3v) is 6.70. The maximum atomic E-state index is 12.8. The smallest absolute Gasteiger partial charge is 0.243 e. The topological polar surface area (TPSA) is 110 Å². The normalized spacial score (nSPS) is 16.1. The van der Waals surface area contributed by atoms with Gasteiger partial charge in [-0.3, -0.25) is 4.68 Å². The van der Waals surface area contributed by atoms with Crippen LogP contribution in [0.25, 0.3) is 11.0 Å². The summed E-state index contributed by atoms with van der Waals surface area (Å²) in [5, 5.41) is 4.87. The summed E-state index contributed by atoms with van der Waals surface area (Å²) in [6.07, 6.45) is 1.64. The Labute approximate surface area is 157 Å². The first-order valence-electron chi connectivity index (χ1n) is 8.63. The van der Waals surface area contributed by atoms with Crippen LogP contribution in [-0.4, -0.2) is 58.7 Å². The highest BCUT2D eigenvalue weighted by Crippen LogP contribution is 2.23. The zero-order valence-corrected chi connectivity index (χ0v) is 16.0. The number of sulfonamides is 1. The van der Waals surface area contributed by atoms with Gasteiger partial charge in [0.1, 0.15) is 5.82 Å². The fourth-order valence-electron chi connectivity index (χ4n) is 3.16. The Kier molecular flexibility index (Phi) is 4.23. The van der Waals surface area contributed by atoms with Crippen LogP contribution < -0.4 is 10.6 Å². The average molecular weight is 387 g/mol. The molecule has 0 bridgehead atoms. The summed E-state index contributed by atoms with van der Waals surface area (Å²) in [6, 6.07) is 6.92. The van der Waals surface area contributed by atoms with Crippen LogP contribution in [0.1, 0.15) is 5.56 Å². The Morgan fingerprint density at radius 1 is 1.04 bits per heavy atom. The van der Waals surface area contributed by atoms with Crippen molar-refractivity contribution in [3.8, 4) is 0 Å². The highest BCUT2D eigenvalue weighted by atomic mass is 32.2. The van der Waals surface area contributed by atoms with Crippen LogP contribution in [-0.2, 0) is 17.1 Å². The molecule has 1 aromatic carbocycles. The van der Waals surface area contributed by atoms with Crippen molar-refractivity contribution in [1.29, 1.82) is 0 Å². The number of nitrogens with two attached hydrogens (primary N) is 1. The number of benzene rings is 1. The molecule has 0 aliphatic carbocycles. The van der Waals surface area contributed by atoms with E-state index in [-0.39, 0.29) is 0 Å². The Hall–Kier alpha value is -2.72. The molecule has 0 unspecified atom stereocenters. The first-order valence-corrected chi connectivity index (χ1v) is 10.1. The fraction of sp³-hybridized carbons (Fsp3) is 0.353. The van der Waals surface area contributed by atoms with Gasteiger partial charge in [0.15, 0.2) is 5.65 Å². The molecule has 1 saturated heterocycles. The SMILES string of the molecule is Cc1ccc(S(=O)(=O)N2CCN(c3nc(N)c4cnn(C)c4n3)CC2)cc1. The van der Waals surface area contributed by atoms with E-state index < -0.39 is 10.0 Å². The summed E-state index contributed by atoms with van der Waals surface area (Å²) in [5.74, 6) is 0.869. The molecule has 4 rings (SSSR count). The summed E-state index contributed by atoms with van der Waals surface area (Å²) in [4.78, 5) is 11.2. The van der Waals surface area contributed by atoms with Crippen molar-refractivity contribution in [3.05, 3.63) is 36.0 Å². The molecule has 9 nitrogen and oxygen atoms in total. The zero-order chi connectivity index (χ0) is 19.2. The predicted octanol–water partition coefficient (Wildman–Crippen LogP) is 0.765. The molecule has 0 atom stereocenters. The number of rotatable bonds is 3. The summed E-state index contributed by atoms with van der Waals surface area (Å²) >= 11 is 0. The van der Waals surface area contributed by atoms with Crippen molar-refractivity contribution >= 4 is 32.8 Å². The van der Waals surface area contributed by atoms with Crippen LogP contribution in [0.2, 0.25) is 0 Å². The van der Waals surface area contributed by atoms with E-state index in [4.69, 9.17) is 5.73 Å². The van der Waals surface area contributed by atoms with Crippen molar-refractivity contribution in [2.45, 2.75) is 11.8 Å². The zero-order valence-electron chi connectivity index (χ0n) is 15.2. The molecule has 2 N–H and O–H groups in total. The van der Waals surface area contributed by atoms with E-state index in [2.05, 4.69) is 15.1 Å². The number of hydrogen-bond donors (Lipinski definition) is 1. The van der Waals surface area contributed by atoms with E-state index >= 15 is 0 Å². The lowest BCUT2D eigenvalue weighted by atomic mass is 10.2. The highest BCUT2D eigenvalue weighted by Gasteiger charge is 2.29. The lowest BCUT2D eigenvalue weighted by molar-refractivity contribution is 0.382. The average Bonchev–Trinajstić information content (AvgIpc) is 3.04. The van der Waals surface area contributed by atoms with Gasteiger partial charge in [-0.15, -0.1) is 0 Å². The van der Waals surface area contributed by atoms with Crippen molar-refractivity contribution in [1.82, 2.24) is 24.1 Å². The number of hydrogen-bond acceptors (Lipinski definition) is 7. The second-order valence-corrected chi connectivity index (χ2v) is 8.56. The standard InChI is InChI=1S/C17H21N7O2S/c1-12-3-5-13(6-4-12)27(25,26)24-9-7-23(8-10-24)17-20-15(18)14-11-19-22(2)16(14)21-17/h3-6,11H,7-10H2,1-2H3,(H2,18,20,21). The minimum atomic E-state index is -3.50. The Morgan fingerprint density at radius 2 is 1.70 bits per heavy atom. The maximum Gasteiger partial charge on any atom is 0.243 e. The number of aromatic nitrogens is 4. The Morgan fingerprint density at radius 3 is 2.37 bits per heavy atom. The number of anilines is 2. The van der Waals surface area contributed by atoms with Gasteiger partial charge in [0, 0.05) is 33.2 Å². The van der Waals surface area contributed by atoms with Crippen LogP contribution in [0, 0.1) is 6.92 Å². The monoisotopic (exact) mass is 387 g/mol. The van der Waals surface area contributed by atoms with Gasteiger partial charge in [0.05, 0.1) is 16.5 Å². The molecular formula is C17H21N7O2S. The second-order valence-electron chi connectivity index (χ2n) is 6.62. The van der Waals surface area contributed by atoms with E-state index in [0.29, 0.717) is 53.9 Å². The van der Waals surface area contributed by atoms with Gasteiger partial charge >= 0.3 is 0 Å². The third kappa shape index (κ3) is 3.10. The molecule has 2 aromatic heterocycles. The minimum Gasteiger partial charge on any atom is -0.383 e. The molecular weight excluding hydrogens is 366 g/mol. The molecule has 1 fully saturated rings. The van der Waals surface area contributed by atoms with Crippen LogP contribution >= 0.6 is 0 Å². The van der Waals surface area contributed by atoms with Crippen LogP contribution in [0.5, 0.6) is 0 Å². The first-order chi connectivity index (χ1) is 12.9. The van der Waals surface area contributed by atoms with Gasteiger partial charge in [-0.1, -0.05) is 17.7 Å². The van der Waals surface area contributed by atoms with Crippen molar-refractivity contribution in [3.63, 3.8) is 0 Å². The molecule has 142 valence electrons. The fourth-order valence-corrected chi connectivity index (χ4v) is 4.58. The van der Waals surface area contributed by atoms with E-state index in [1.54, 1.807) is 30.1 Å². The maximum absolute atomic E-state index is 12.8. The third-order valence-electron chi connectivity index (χ3n) is 4.79. The number of piperazine rings is 1. The van der Waals surface area contributed by atoms with Gasteiger partial charge in [0.25, 0.3) is 0 Å². The van der Waals surface area contributed by atoms with E-state index in [1.807, 2.05) is 24.0 Å². The lowest BCUT2D eigenvalue weighted by Crippen LogP contribution is -2.49. The van der Waals surface area contributed by atoms with Gasteiger partial charge in [0.2, 0.25) is 16.0 Å². The molecule has 27 heavy (non-hydrogen) atoms. The van der Waals surface area contributed by atoms with E-state index in [9.17, 15) is 8.42 Å². The summed E-state index contributed by atoms with van der Waals surface area (Å²) in [6.45, 7) is 3.65. The van der Waals surface area contributed by atoms with Crippen molar-refractivity contribution in [2.75, 3.05) is 36.8 Å². The number of nitrogen functional groups attached to an aromatic ring is 1. The first kappa shape index (κ1) is 17.7. The predicted molar refractivity (Wildman–Crippen MR) is 103 cm³/mol. The quantitative estimate of drug-likeness (QED) is 0.706. The van der Waals surface area contributed by atoms with Gasteiger partial charge in [-0.05, 0) is 19.1 Å². The molecule has 0 amide bonds. The second kappa shape index (κ2) is 6.46. The molecule has 1 aliphatic heterocycles. The molecule has 3 heterocycles. The van der Waals surface area contributed by atoms with Crippen LogP contribution in [0.4, 0.5) is 11.8 Å². The molecule has 0 radical (unpaired) electrons. The number of nitrogens with zero attached hydrogens (tertiary/aromatic N) is 6. The van der Waals surface area contributed by atoms with Crippen LogP contribution in [0.3, 0.4) is 0 Å². The van der Waals surface area contributed by atoms with E-state index in [0.717, 1.165) is 5.56 Å². The number of fused-ring (bicyclic) bond motifs is 1. The molecule has 0 saturated carbocycles. The molecule has 1 aliphatic rings. The largest absolute Gasteiger partial charge is 0.383 e. The Balaban J connectivity index is 1.54. The van der Waals surface area contributed by atoms with Crippen molar-refractivity contribution in [2.24, 2.45) is 7.05 Å². The van der Waals surface area contributed by atoms with E-state index in [1.165, 1.54) is 4.31 Å². The van der Waals surface area contributed by atoms with Crippen LogP contribution in [0.15, 0.2) is 35.4 Å². The molecule has 10 heteroatoms. The lowest BCUT2D eigenvalue weighted by Gasteiger charge is -2.34. The summed E-state index contributed by atoms with van der Waals surface area (Å²) in [7, 11) is -1.70. The molecule has 0 spiro atoms. The summed E-state index contributed by atoms with van der Waals surface area (Å²) in [5.41, 5.74) is 7.71. The molecule has 3 aromatic rings. The van der Waals surface area contributed by atoms with Gasteiger partial charge in [-0.25, -0.2) is 8.42 Å². The minimum absolute atomic E-state index is 0.318. The number of aryl methyl sites for hydroxylation is 2.